The van der Waals surface area contributed by atoms with Crippen LogP contribution < -0.4 is 5.32 Å². The molecule has 0 bridgehead atoms. The van der Waals surface area contributed by atoms with Crippen molar-refractivity contribution in [3.63, 3.8) is 0 Å². The molecule has 1 N–H and O–H groups in total. The molecule has 4 rings (SSSR count). The van der Waals surface area contributed by atoms with Crippen molar-refractivity contribution < 1.29 is 4.79 Å². The molecule has 0 saturated heterocycles. The minimum absolute atomic E-state index is 0.0184. The first-order valence-electron chi connectivity index (χ1n) is 6.66. The molecule has 5 heteroatoms. The first-order chi connectivity index (χ1) is 9.70. The van der Waals surface area contributed by atoms with Gasteiger partial charge in [-0.25, -0.2) is 9.97 Å². The van der Waals surface area contributed by atoms with Crippen LogP contribution in [0.4, 0.5) is 5.69 Å². The zero-order valence-corrected chi connectivity index (χ0v) is 12.3. The van der Waals surface area contributed by atoms with Crippen LogP contribution in [-0.2, 0) is 11.2 Å². The third-order valence-corrected chi connectivity index (χ3v) is 4.18. The molecule has 1 fully saturated rings. The van der Waals surface area contributed by atoms with Gasteiger partial charge in [-0.05, 0) is 31.0 Å². The maximum absolute atomic E-state index is 11.9. The minimum atomic E-state index is -0.0184. The number of hydrogen-bond donors (Lipinski definition) is 1. The second-order valence-electron chi connectivity index (χ2n) is 5.29. The summed E-state index contributed by atoms with van der Waals surface area (Å²) in [7, 11) is 0. The topological polar surface area (TPSA) is 54.9 Å². The number of anilines is 1. The van der Waals surface area contributed by atoms with Gasteiger partial charge in [-0.2, -0.15) is 0 Å². The normalized spacial score (nSPS) is 16.9. The van der Waals surface area contributed by atoms with Crippen molar-refractivity contribution >= 4 is 27.5 Å². The van der Waals surface area contributed by atoms with Gasteiger partial charge in [-0.1, -0.05) is 15.9 Å². The van der Waals surface area contributed by atoms with Crippen molar-refractivity contribution in [2.45, 2.75) is 25.2 Å². The first kappa shape index (κ1) is 12.0. The van der Waals surface area contributed by atoms with E-state index in [0.717, 1.165) is 32.8 Å². The van der Waals surface area contributed by atoms with E-state index < -0.39 is 0 Å². The van der Waals surface area contributed by atoms with Gasteiger partial charge in [0.25, 0.3) is 0 Å². The van der Waals surface area contributed by atoms with Gasteiger partial charge in [-0.15, -0.1) is 0 Å². The van der Waals surface area contributed by atoms with E-state index in [-0.39, 0.29) is 5.91 Å². The summed E-state index contributed by atoms with van der Waals surface area (Å²) < 4.78 is 0.977. The van der Waals surface area contributed by atoms with Gasteiger partial charge >= 0.3 is 0 Å². The Balaban J connectivity index is 1.95. The Hall–Kier alpha value is -1.75. The van der Waals surface area contributed by atoms with Crippen LogP contribution in [0.5, 0.6) is 0 Å². The summed E-state index contributed by atoms with van der Waals surface area (Å²) in [6.45, 7) is 0. The van der Waals surface area contributed by atoms with Crippen LogP contribution in [0.1, 0.15) is 30.1 Å². The highest BCUT2D eigenvalue weighted by molar-refractivity contribution is 9.10. The Morgan fingerprint density at radius 2 is 2.15 bits per heavy atom. The molecule has 20 heavy (non-hydrogen) atoms. The number of amides is 1. The minimum Gasteiger partial charge on any atom is -0.325 e. The molecular formula is C15H12BrN3O. The fraction of sp³-hybridized carbons (Fsp3) is 0.267. The van der Waals surface area contributed by atoms with Crippen LogP contribution in [0.2, 0.25) is 0 Å². The zero-order chi connectivity index (χ0) is 13.7. The summed E-state index contributed by atoms with van der Waals surface area (Å²) in [5.74, 6) is 1.39. The van der Waals surface area contributed by atoms with Crippen LogP contribution in [0.25, 0.3) is 11.3 Å². The molecule has 0 radical (unpaired) electrons. The maximum Gasteiger partial charge on any atom is 0.228 e. The molecule has 1 aromatic carbocycles. The lowest BCUT2D eigenvalue weighted by atomic mass is 10.0. The molecule has 2 aliphatic rings. The van der Waals surface area contributed by atoms with Gasteiger partial charge in [0.2, 0.25) is 5.91 Å². The van der Waals surface area contributed by atoms with Crippen molar-refractivity contribution in [3.05, 3.63) is 40.3 Å². The van der Waals surface area contributed by atoms with E-state index in [9.17, 15) is 4.79 Å². The van der Waals surface area contributed by atoms with E-state index in [4.69, 9.17) is 4.98 Å². The summed E-state index contributed by atoms with van der Waals surface area (Å²) >= 11 is 3.49. The molecular weight excluding hydrogens is 318 g/mol. The van der Waals surface area contributed by atoms with Crippen LogP contribution in [0.3, 0.4) is 0 Å². The molecule has 0 spiro atoms. The standard InChI is InChI=1S/C15H12BrN3O/c16-10-3-4-12-11(6-10)14-9(5-13(20)18-12)7-17-15(19-14)8-1-2-8/h3-4,6-8H,1-2,5H2,(H,18,20). The Morgan fingerprint density at radius 3 is 2.95 bits per heavy atom. The molecule has 0 unspecified atom stereocenters. The van der Waals surface area contributed by atoms with E-state index in [0.29, 0.717) is 12.3 Å². The quantitative estimate of drug-likeness (QED) is 0.873. The second-order valence-corrected chi connectivity index (χ2v) is 6.21. The Labute approximate surface area is 124 Å². The van der Waals surface area contributed by atoms with E-state index in [1.54, 1.807) is 0 Å². The third kappa shape index (κ3) is 2.02. The highest BCUT2D eigenvalue weighted by Crippen LogP contribution is 2.40. The lowest BCUT2D eigenvalue weighted by Gasteiger charge is -2.09. The van der Waals surface area contributed by atoms with Crippen LogP contribution in [0, 0.1) is 0 Å². The number of carbonyl (C=O) groups excluding carboxylic acids is 1. The van der Waals surface area contributed by atoms with E-state index in [2.05, 4.69) is 26.2 Å². The Bertz CT molecular complexity index is 725. The molecule has 0 atom stereocenters. The first-order valence-corrected chi connectivity index (χ1v) is 7.45. The molecule has 4 nitrogen and oxygen atoms in total. The number of fused-ring (bicyclic) bond motifs is 3. The number of nitrogens with one attached hydrogen (secondary N) is 1. The predicted octanol–water partition coefficient (Wildman–Crippen LogP) is 3.28. The van der Waals surface area contributed by atoms with Gasteiger partial charge < -0.3 is 5.32 Å². The van der Waals surface area contributed by atoms with Gasteiger partial charge in [0.05, 0.1) is 17.8 Å². The predicted molar refractivity (Wildman–Crippen MR) is 79.5 cm³/mol. The highest BCUT2D eigenvalue weighted by atomic mass is 79.9. The van der Waals surface area contributed by atoms with Crippen molar-refractivity contribution in [3.8, 4) is 11.3 Å². The molecule has 1 amide bonds. The largest absolute Gasteiger partial charge is 0.325 e. The van der Waals surface area contributed by atoms with Crippen molar-refractivity contribution in [2.75, 3.05) is 5.32 Å². The molecule has 2 aromatic rings. The van der Waals surface area contributed by atoms with Crippen molar-refractivity contribution in [2.24, 2.45) is 0 Å². The number of nitrogens with zero attached hydrogens (tertiary/aromatic N) is 2. The van der Waals surface area contributed by atoms with Crippen LogP contribution in [0.15, 0.2) is 28.9 Å². The lowest BCUT2D eigenvalue weighted by Crippen LogP contribution is -2.12. The smallest absolute Gasteiger partial charge is 0.228 e. The Morgan fingerprint density at radius 1 is 1.30 bits per heavy atom. The summed E-state index contributed by atoms with van der Waals surface area (Å²) in [6.07, 6.45) is 4.47. The molecule has 1 aromatic heterocycles. The molecule has 2 heterocycles. The van der Waals surface area contributed by atoms with E-state index in [1.807, 2.05) is 24.4 Å². The Kier molecular flexibility index (Phi) is 2.63. The molecule has 1 saturated carbocycles. The number of halogens is 1. The fourth-order valence-corrected chi connectivity index (χ4v) is 2.87. The maximum atomic E-state index is 11.9. The number of benzene rings is 1. The number of hydrogen-bond acceptors (Lipinski definition) is 3. The summed E-state index contributed by atoms with van der Waals surface area (Å²) in [4.78, 5) is 21.1. The van der Waals surface area contributed by atoms with Crippen molar-refractivity contribution in [1.82, 2.24) is 9.97 Å². The summed E-state index contributed by atoms with van der Waals surface area (Å²) in [6, 6.07) is 5.84. The highest BCUT2D eigenvalue weighted by Gasteiger charge is 2.29. The number of carbonyl (C=O) groups is 1. The number of rotatable bonds is 1. The fourth-order valence-electron chi connectivity index (χ4n) is 2.51. The molecule has 100 valence electrons. The van der Waals surface area contributed by atoms with Crippen LogP contribution in [-0.4, -0.2) is 15.9 Å². The van der Waals surface area contributed by atoms with Gasteiger partial charge in [0, 0.05) is 27.7 Å². The third-order valence-electron chi connectivity index (χ3n) is 3.69. The van der Waals surface area contributed by atoms with Gasteiger partial charge in [-0.3, -0.25) is 4.79 Å². The van der Waals surface area contributed by atoms with Crippen LogP contribution >= 0.6 is 15.9 Å². The number of aromatic nitrogens is 2. The lowest BCUT2D eigenvalue weighted by molar-refractivity contribution is -0.115. The average Bonchev–Trinajstić information content (AvgIpc) is 3.25. The van der Waals surface area contributed by atoms with Crippen molar-refractivity contribution in [1.29, 1.82) is 0 Å². The molecule has 1 aliphatic carbocycles. The monoisotopic (exact) mass is 329 g/mol. The summed E-state index contributed by atoms with van der Waals surface area (Å²) in [5.41, 5.74) is 3.56. The average molecular weight is 330 g/mol. The van der Waals surface area contributed by atoms with Gasteiger partial charge in [0.1, 0.15) is 5.82 Å². The van der Waals surface area contributed by atoms with E-state index >= 15 is 0 Å². The van der Waals surface area contributed by atoms with Gasteiger partial charge in [0.15, 0.2) is 0 Å². The molecule has 1 aliphatic heterocycles. The SMILES string of the molecule is O=C1Cc2cnc(C3CC3)nc2-c2cc(Br)ccc2N1. The van der Waals surface area contributed by atoms with E-state index in [1.165, 1.54) is 12.8 Å². The summed E-state index contributed by atoms with van der Waals surface area (Å²) in [5, 5.41) is 2.93. The second kappa shape index (κ2) is 4.38. The zero-order valence-electron chi connectivity index (χ0n) is 10.7.